The molecule has 210 valence electrons. The van der Waals surface area contributed by atoms with Gasteiger partial charge in [0.05, 0.1) is 25.5 Å². The Morgan fingerprint density at radius 3 is 2.27 bits per heavy atom. The summed E-state index contributed by atoms with van der Waals surface area (Å²) in [6, 6.07) is 26.3. The van der Waals surface area contributed by atoms with Gasteiger partial charge in [-0.15, -0.1) is 0 Å². The largest absolute Gasteiger partial charge is 0.491 e. The van der Waals surface area contributed by atoms with E-state index in [1.54, 1.807) is 0 Å². The van der Waals surface area contributed by atoms with Crippen molar-refractivity contribution in [3.05, 3.63) is 90.0 Å². The Hall–Kier alpha value is -4.13. The zero-order chi connectivity index (χ0) is 28.5. The normalized spacial score (nSPS) is 17.4. The van der Waals surface area contributed by atoms with Gasteiger partial charge < -0.3 is 20.1 Å². The van der Waals surface area contributed by atoms with E-state index in [-0.39, 0.29) is 36.3 Å². The number of esters is 1. The lowest BCUT2D eigenvalue weighted by molar-refractivity contribution is -0.144. The van der Waals surface area contributed by atoms with Crippen LogP contribution in [0.2, 0.25) is 0 Å². The third-order valence-electron chi connectivity index (χ3n) is 7.19. The number of benzene rings is 3. The molecule has 0 saturated carbocycles. The molecule has 0 radical (unpaired) electrons. The average Bonchev–Trinajstić information content (AvgIpc) is 3.26. The fourth-order valence-electron chi connectivity index (χ4n) is 5.10. The maximum absolute atomic E-state index is 13.2. The topological polar surface area (TPSA) is 94.2 Å². The van der Waals surface area contributed by atoms with Gasteiger partial charge in [-0.1, -0.05) is 66.7 Å². The van der Waals surface area contributed by atoms with Gasteiger partial charge in [0, 0.05) is 18.2 Å². The number of carbonyl (C=O) groups excluding carboxylic acids is 2. The van der Waals surface area contributed by atoms with E-state index in [1.165, 1.54) is 12.7 Å². The van der Waals surface area contributed by atoms with Crippen molar-refractivity contribution in [2.75, 3.05) is 20.3 Å². The highest BCUT2D eigenvalue weighted by Gasteiger charge is 2.40. The molecule has 0 spiro atoms. The molecule has 1 amide bonds. The summed E-state index contributed by atoms with van der Waals surface area (Å²) in [6.07, 6.45) is 2.41. The Bertz CT molecular complexity index is 1290. The second-order valence-electron chi connectivity index (χ2n) is 10.5. The molecule has 1 heterocycles. The highest BCUT2D eigenvalue weighted by molar-refractivity contribution is 5.98. The van der Waals surface area contributed by atoms with Crippen molar-refractivity contribution in [1.82, 2.24) is 4.90 Å². The first-order valence-corrected chi connectivity index (χ1v) is 13.9. The summed E-state index contributed by atoms with van der Waals surface area (Å²) in [5.41, 5.74) is 10.4. The molecule has 0 aliphatic carbocycles. The van der Waals surface area contributed by atoms with Gasteiger partial charge in [0.1, 0.15) is 18.2 Å². The Kier molecular flexibility index (Phi) is 9.95. The number of nitrogens with two attached hydrogens (primary N) is 1. The van der Waals surface area contributed by atoms with Gasteiger partial charge in [-0.25, -0.2) is 0 Å². The van der Waals surface area contributed by atoms with Crippen molar-refractivity contribution in [1.29, 1.82) is 0 Å². The molecule has 0 bridgehead atoms. The summed E-state index contributed by atoms with van der Waals surface area (Å²) in [4.78, 5) is 31.4. The van der Waals surface area contributed by atoms with Crippen LogP contribution in [0.1, 0.15) is 44.2 Å². The first-order chi connectivity index (χ1) is 19.3. The highest BCUT2D eigenvalue weighted by Crippen LogP contribution is 2.29. The van der Waals surface area contributed by atoms with Gasteiger partial charge in [-0.3, -0.25) is 14.6 Å². The van der Waals surface area contributed by atoms with Gasteiger partial charge in [0.25, 0.3) is 0 Å². The monoisotopic (exact) mass is 541 g/mol. The minimum Gasteiger partial charge on any atom is -0.491 e. The number of amides is 1. The highest BCUT2D eigenvalue weighted by atomic mass is 16.5. The molecule has 2 atom stereocenters. The molecule has 1 fully saturated rings. The molecule has 4 rings (SSSR count). The van der Waals surface area contributed by atoms with E-state index < -0.39 is 0 Å². The van der Waals surface area contributed by atoms with Gasteiger partial charge in [-0.05, 0) is 61.9 Å². The molecule has 0 aromatic heterocycles. The second kappa shape index (κ2) is 13.8. The van der Waals surface area contributed by atoms with Crippen LogP contribution in [-0.2, 0) is 20.7 Å². The lowest BCUT2D eigenvalue weighted by atomic mass is 10.0. The zero-order valence-electron chi connectivity index (χ0n) is 23.6. The van der Waals surface area contributed by atoms with E-state index in [2.05, 4.69) is 17.1 Å². The number of aryl methyl sites for hydroxylation is 1. The van der Waals surface area contributed by atoms with Crippen molar-refractivity contribution >= 4 is 17.7 Å². The standard InChI is InChI=1S/C33H39N3O4/c1-23(2)35-32(34)27-13-11-25(12-14-27)26-15-17-30(18-16-26)40-22-29-20-28(21-31(37)39-3)33(38)36(29)19-7-10-24-8-5-4-6-9-24/h4-6,8-9,11-18,23,28-29H,7,10,19-22H2,1-3H3,(H2,34,35)/t28-,29-/m0/s1. The van der Waals surface area contributed by atoms with Crippen LogP contribution in [0.25, 0.3) is 11.1 Å². The van der Waals surface area contributed by atoms with Crippen LogP contribution >= 0.6 is 0 Å². The van der Waals surface area contributed by atoms with Gasteiger partial charge in [-0.2, -0.15) is 0 Å². The SMILES string of the molecule is COC(=O)C[C@@H]1C[C@@H](COc2ccc(-c3ccc(C(N)=NC(C)C)cc3)cc2)N(CCCc2ccccc2)C1=O. The molecule has 2 N–H and O–H groups in total. The molecule has 7 heteroatoms. The Balaban J connectivity index is 1.37. The molecular formula is C33H39N3O4. The van der Waals surface area contributed by atoms with Crippen LogP contribution in [0.3, 0.4) is 0 Å². The number of carbonyl (C=O) groups is 2. The predicted molar refractivity (Wildman–Crippen MR) is 158 cm³/mol. The summed E-state index contributed by atoms with van der Waals surface area (Å²) in [7, 11) is 1.36. The number of likely N-dealkylation sites (tertiary alicyclic amines) is 1. The van der Waals surface area contributed by atoms with E-state index in [0.29, 0.717) is 25.4 Å². The zero-order valence-corrected chi connectivity index (χ0v) is 23.6. The van der Waals surface area contributed by atoms with E-state index in [0.717, 1.165) is 35.3 Å². The third kappa shape index (κ3) is 7.72. The van der Waals surface area contributed by atoms with E-state index in [9.17, 15) is 9.59 Å². The van der Waals surface area contributed by atoms with Crippen molar-refractivity contribution < 1.29 is 19.1 Å². The second-order valence-corrected chi connectivity index (χ2v) is 10.5. The smallest absolute Gasteiger partial charge is 0.306 e. The molecule has 1 aliphatic rings. The van der Waals surface area contributed by atoms with Crippen molar-refractivity contribution in [2.24, 2.45) is 16.6 Å². The number of methoxy groups -OCH3 is 1. The lowest BCUT2D eigenvalue weighted by Crippen LogP contribution is -2.38. The quantitative estimate of drug-likeness (QED) is 0.192. The Morgan fingerprint density at radius 1 is 1.00 bits per heavy atom. The minimum atomic E-state index is -0.372. The van der Waals surface area contributed by atoms with Crippen molar-refractivity contribution in [3.8, 4) is 16.9 Å². The molecule has 7 nitrogen and oxygen atoms in total. The van der Waals surface area contributed by atoms with Crippen molar-refractivity contribution in [3.63, 3.8) is 0 Å². The summed E-state index contributed by atoms with van der Waals surface area (Å²) >= 11 is 0. The van der Waals surface area contributed by atoms with Crippen LogP contribution < -0.4 is 10.5 Å². The molecular weight excluding hydrogens is 502 g/mol. The first kappa shape index (κ1) is 28.9. The van der Waals surface area contributed by atoms with Gasteiger partial charge >= 0.3 is 5.97 Å². The van der Waals surface area contributed by atoms with Crippen LogP contribution in [-0.4, -0.2) is 55.0 Å². The van der Waals surface area contributed by atoms with Gasteiger partial charge in [0.2, 0.25) is 5.91 Å². The molecule has 0 unspecified atom stereocenters. The molecule has 3 aromatic rings. The molecule has 1 saturated heterocycles. The van der Waals surface area contributed by atoms with E-state index in [1.807, 2.05) is 85.5 Å². The number of ether oxygens (including phenoxy) is 2. The van der Waals surface area contributed by atoms with Gasteiger partial charge in [0.15, 0.2) is 0 Å². The number of hydrogen-bond donors (Lipinski definition) is 1. The number of nitrogens with zero attached hydrogens (tertiary/aromatic N) is 2. The summed E-state index contributed by atoms with van der Waals surface area (Å²) in [5, 5.41) is 0. The summed E-state index contributed by atoms with van der Waals surface area (Å²) < 4.78 is 11.0. The van der Waals surface area contributed by atoms with Crippen LogP contribution in [0, 0.1) is 5.92 Å². The first-order valence-electron chi connectivity index (χ1n) is 13.9. The summed E-state index contributed by atoms with van der Waals surface area (Å²) in [6.45, 7) is 5.00. The third-order valence-corrected chi connectivity index (χ3v) is 7.19. The maximum Gasteiger partial charge on any atom is 0.306 e. The fraction of sp³-hybridized carbons (Fsp3) is 0.364. The minimum absolute atomic E-state index is 0.00457. The van der Waals surface area contributed by atoms with E-state index in [4.69, 9.17) is 15.2 Å². The lowest BCUT2D eigenvalue weighted by Gasteiger charge is -2.25. The molecule has 40 heavy (non-hydrogen) atoms. The number of rotatable bonds is 12. The van der Waals surface area contributed by atoms with E-state index >= 15 is 0 Å². The summed E-state index contributed by atoms with van der Waals surface area (Å²) in [5.74, 6) is 0.552. The van der Waals surface area contributed by atoms with Crippen LogP contribution in [0.15, 0.2) is 83.9 Å². The number of aliphatic imine (C=N–C) groups is 1. The van der Waals surface area contributed by atoms with Crippen LogP contribution in [0.5, 0.6) is 5.75 Å². The van der Waals surface area contributed by atoms with Crippen molar-refractivity contribution in [2.45, 2.75) is 51.6 Å². The molecule has 3 aromatic carbocycles. The Labute approximate surface area is 237 Å². The number of amidine groups is 1. The Morgan fingerprint density at radius 2 is 1.65 bits per heavy atom. The maximum atomic E-state index is 13.2. The predicted octanol–water partition coefficient (Wildman–Crippen LogP) is 5.26. The molecule has 1 aliphatic heterocycles. The average molecular weight is 542 g/mol. The fourth-order valence-corrected chi connectivity index (χ4v) is 5.10. The van der Waals surface area contributed by atoms with Crippen LogP contribution in [0.4, 0.5) is 0 Å². The number of hydrogen-bond acceptors (Lipinski definition) is 5.